The van der Waals surface area contributed by atoms with Gasteiger partial charge >= 0.3 is 5.97 Å². The average Bonchev–Trinajstić information content (AvgIpc) is 3.04. The van der Waals surface area contributed by atoms with Gasteiger partial charge in [0.15, 0.2) is 0 Å². The van der Waals surface area contributed by atoms with Crippen molar-refractivity contribution in [2.75, 3.05) is 0 Å². The van der Waals surface area contributed by atoms with Crippen LogP contribution < -0.4 is 0 Å². The number of unbranched alkanes of at least 4 members (excludes halogenated alkanes) is 1. The summed E-state index contributed by atoms with van der Waals surface area (Å²) in [5.74, 6) is 3.38. The van der Waals surface area contributed by atoms with E-state index < -0.39 is 0 Å². The first kappa shape index (κ1) is 27.9. The number of allylic oxidation sites excluding steroid dienone is 2. The van der Waals surface area contributed by atoms with Crippen molar-refractivity contribution in [1.29, 1.82) is 0 Å². The van der Waals surface area contributed by atoms with Crippen LogP contribution in [0.4, 0.5) is 0 Å². The Hall–Kier alpha value is -1.12. The molecule has 3 heteroatoms. The molecule has 0 unspecified atom stereocenters. The molecule has 4 aliphatic carbocycles. The zero-order chi connectivity index (χ0) is 26.3. The molecule has 204 valence electrons. The van der Waals surface area contributed by atoms with E-state index in [2.05, 4.69) is 47.6 Å². The third-order valence-electron chi connectivity index (χ3n) is 11.8. The van der Waals surface area contributed by atoms with E-state index in [0.717, 1.165) is 57.3 Å². The maximum Gasteiger partial charge on any atom is 0.302 e. The van der Waals surface area contributed by atoms with Gasteiger partial charge in [-0.05, 0) is 85.4 Å². The Morgan fingerprint density at radius 3 is 2.53 bits per heavy atom. The zero-order valence-electron chi connectivity index (χ0n) is 24.5. The van der Waals surface area contributed by atoms with E-state index in [-0.39, 0.29) is 28.3 Å². The SMILES string of the molecule is CCCC[C@@]12C(=O)C[C@H]([C@H](C)CCCC(C)C)[C@@]1(C)CC[C@H]1C2=CC[C@H]2C[C@@H](OC(C)=O)CC[C@@]21C. The van der Waals surface area contributed by atoms with Crippen LogP contribution in [0.15, 0.2) is 11.6 Å². The van der Waals surface area contributed by atoms with Gasteiger partial charge in [-0.3, -0.25) is 9.59 Å². The van der Waals surface area contributed by atoms with Crippen molar-refractivity contribution >= 4 is 11.8 Å². The first-order chi connectivity index (χ1) is 17.0. The number of rotatable bonds is 9. The monoisotopic (exact) mass is 498 g/mol. The summed E-state index contributed by atoms with van der Waals surface area (Å²) in [7, 11) is 0. The molecule has 0 heterocycles. The molecule has 0 aromatic heterocycles. The van der Waals surface area contributed by atoms with E-state index in [4.69, 9.17) is 4.74 Å². The molecule has 0 amide bonds. The Bertz CT molecular complexity index is 857. The lowest BCUT2D eigenvalue weighted by Crippen LogP contribution is -2.56. The molecule has 0 aromatic rings. The van der Waals surface area contributed by atoms with Gasteiger partial charge in [0.2, 0.25) is 0 Å². The molecule has 3 fully saturated rings. The van der Waals surface area contributed by atoms with E-state index in [9.17, 15) is 9.59 Å². The molecule has 0 saturated heterocycles. The third kappa shape index (κ3) is 4.53. The van der Waals surface area contributed by atoms with Gasteiger partial charge in [0.25, 0.3) is 0 Å². The highest BCUT2D eigenvalue weighted by molar-refractivity contribution is 5.92. The number of hydrogen-bond donors (Lipinski definition) is 0. The van der Waals surface area contributed by atoms with Crippen LogP contribution in [0.1, 0.15) is 132 Å². The second-order valence-corrected chi connectivity index (χ2v) is 14.2. The number of fused-ring (bicyclic) bond motifs is 5. The van der Waals surface area contributed by atoms with Crippen molar-refractivity contribution in [1.82, 2.24) is 0 Å². The smallest absolute Gasteiger partial charge is 0.302 e. The Morgan fingerprint density at radius 2 is 1.86 bits per heavy atom. The molecule has 4 rings (SSSR count). The van der Waals surface area contributed by atoms with E-state index in [1.54, 1.807) is 5.57 Å². The van der Waals surface area contributed by atoms with E-state index >= 15 is 0 Å². The van der Waals surface area contributed by atoms with Crippen LogP contribution in [0.3, 0.4) is 0 Å². The predicted octanol–water partition coefficient (Wildman–Crippen LogP) is 8.70. The van der Waals surface area contributed by atoms with Gasteiger partial charge in [0.1, 0.15) is 11.9 Å². The standard InChI is InChI=1S/C33H54O3/c1-8-9-17-33-28-14-13-25-20-26(36-24(5)34)15-18-31(25,6)27(28)16-19-32(33,7)29(21-30(33)35)23(4)12-10-11-22(2)3/h14,22-23,25-27,29H,8-13,15-21H2,1-7H3/t23-,25+,26+,27+,29-,31+,32-,33-/m1/s1. The largest absolute Gasteiger partial charge is 0.463 e. The lowest BCUT2D eigenvalue weighted by atomic mass is 9.42. The summed E-state index contributed by atoms with van der Waals surface area (Å²) in [5, 5.41) is 0. The molecular formula is C33H54O3. The number of esters is 1. The minimum absolute atomic E-state index is 0.0719. The summed E-state index contributed by atoms with van der Waals surface area (Å²) in [4.78, 5) is 26.0. The third-order valence-corrected chi connectivity index (χ3v) is 11.8. The Balaban J connectivity index is 1.66. The fourth-order valence-corrected chi connectivity index (χ4v) is 9.73. The summed E-state index contributed by atoms with van der Waals surface area (Å²) >= 11 is 0. The summed E-state index contributed by atoms with van der Waals surface area (Å²) in [6.45, 7) is 16.0. The lowest BCUT2D eigenvalue weighted by molar-refractivity contribution is -0.153. The second-order valence-electron chi connectivity index (χ2n) is 14.2. The molecule has 0 spiro atoms. The van der Waals surface area contributed by atoms with Crippen LogP contribution in [0.25, 0.3) is 0 Å². The van der Waals surface area contributed by atoms with Crippen molar-refractivity contribution in [3.63, 3.8) is 0 Å². The molecule has 36 heavy (non-hydrogen) atoms. The summed E-state index contributed by atoms with van der Waals surface area (Å²) < 4.78 is 5.67. The fourth-order valence-electron chi connectivity index (χ4n) is 9.73. The van der Waals surface area contributed by atoms with Gasteiger partial charge < -0.3 is 4.74 Å². The summed E-state index contributed by atoms with van der Waals surface area (Å²) in [6, 6.07) is 0. The number of ether oxygens (including phenoxy) is 1. The number of carbonyl (C=O) groups excluding carboxylic acids is 2. The minimum atomic E-state index is -0.246. The van der Waals surface area contributed by atoms with Crippen molar-refractivity contribution in [2.45, 2.75) is 138 Å². The van der Waals surface area contributed by atoms with Crippen LogP contribution in [-0.4, -0.2) is 17.9 Å². The van der Waals surface area contributed by atoms with Crippen LogP contribution in [0, 0.1) is 45.8 Å². The van der Waals surface area contributed by atoms with Crippen LogP contribution in [0.2, 0.25) is 0 Å². The first-order valence-corrected chi connectivity index (χ1v) is 15.4. The number of Topliss-reactive ketones (excluding diaryl/α,β-unsaturated/α-hetero) is 1. The number of carbonyl (C=O) groups is 2. The van der Waals surface area contributed by atoms with Crippen molar-refractivity contribution in [2.24, 2.45) is 45.8 Å². The maximum atomic E-state index is 14.3. The average molecular weight is 499 g/mol. The molecule has 0 bridgehead atoms. The highest BCUT2D eigenvalue weighted by atomic mass is 16.5. The zero-order valence-corrected chi connectivity index (χ0v) is 24.5. The predicted molar refractivity (Wildman–Crippen MR) is 147 cm³/mol. The lowest BCUT2D eigenvalue weighted by Gasteiger charge is -2.61. The molecule has 3 saturated carbocycles. The first-order valence-electron chi connectivity index (χ1n) is 15.4. The minimum Gasteiger partial charge on any atom is -0.463 e. The van der Waals surface area contributed by atoms with Crippen LogP contribution in [0.5, 0.6) is 0 Å². The van der Waals surface area contributed by atoms with Gasteiger partial charge in [0, 0.05) is 13.3 Å². The molecule has 0 N–H and O–H groups in total. The normalized spacial score (nSPS) is 40.8. The second kappa shape index (κ2) is 10.6. The van der Waals surface area contributed by atoms with Gasteiger partial charge in [-0.15, -0.1) is 0 Å². The molecule has 4 aliphatic rings. The van der Waals surface area contributed by atoms with Crippen molar-refractivity contribution < 1.29 is 14.3 Å². The van der Waals surface area contributed by atoms with Crippen LogP contribution >= 0.6 is 0 Å². The fraction of sp³-hybridized carbons (Fsp3) is 0.879. The molecule has 8 atom stereocenters. The maximum absolute atomic E-state index is 14.3. The highest BCUT2D eigenvalue weighted by Gasteiger charge is 2.68. The molecule has 0 aliphatic heterocycles. The topological polar surface area (TPSA) is 43.4 Å². The van der Waals surface area contributed by atoms with E-state index in [1.165, 1.54) is 39.0 Å². The van der Waals surface area contributed by atoms with Gasteiger partial charge in [-0.2, -0.15) is 0 Å². The molecule has 3 nitrogen and oxygen atoms in total. The summed E-state index contributed by atoms with van der Waals surface area (Å²) in [6.07, 6.45) is 17.1. The van der Waals surface area contributed by atoms with Crippen LogP contribution in [-0.2, 0) is 14.3 Å². The summed E-state index contributed by atoms with van der Waals surface area (Å²) in [5.41, 5.74) is 1.62. The van der Waals surface area contributed by atoms with E-state index in [0.29, 0.717) is 29.5 Å². The highest BCUT2D eigenvalue weighted by Crippen LogP contribution is 2.72. The van der Waals surface area contributed by atoms with Gasteiger partial charge in [0.05, 0.1) is 5.41 Å². The molecular weight excluding hydrogens is 444 g/mol. The molecule has 0 aromatic carbocycles. The number of ketones is 1. The Labute approximate surface area is 221 Å². The Morgan fingerprint density at radius 1 is 1.11 bits per heavy atom. The van der Waals surface area contributed by atoms with E-state index in [1.807, 2.05) is 0 Å². The molecule has 0 radical (unpaired) electrons. The van der Waals surface area contributed by atoms with Gasteiger partial charge in [-0.1, -0.05) is 85.3 Å². The van der Waals surface area contributed by atoms with Crippen molar-refractivity contribution in [3.8, 4) is 0 Å². The number of hydrogen-bond acceptors (Lipinski definition) is 3. The van der Waals surface area contributed by atoms with Gasteiger partial charge in [-0.25, -0.2) is 0 Å². The van der Waals surface area contributed by atoms with Crippen molar-refractivity contribution in [3.05, 3.63) is 11.6 Å². The quantitative estimate of drug-likeness (QED) is 0.236. The Kier molecular flexibility index (Phi) is 8.19.